The van der Waals surface area contributed by atoms with Crippen molar-refractivity contribution in [2.45, 2.75) is 0 Å². The van der Waals surface area contributed by atoms with Crippen LogP contribution in [0.4, 0.5) is 0 Å². The van der Waals surface area contributed by atoms with Crippen molar-refractivity contribution in [3.8, 4) is 0 Å². The number of quaternary nitrogens is 1. The Labute approximate surface area is 55.9 Å². The van der Waals surface area contributed by atoms with E-state index in [0.29, 0.717) is 0 Å². The van der Waals surface area contributed by atoms with Gasteiger partial charge in [-0.15, -0.1) is 0 Å². The molecule has 9 heavy (non-hydrogen) atoms. The van der Waals surface area contributed by atoms with Gasteiger partial charge < -0.3 is 14.9 Å². The molecule has 0 unspecified atom stereocenters. The van der Waals surface area contributed by atoms with Crippen LogP contribution in [0.15, 0.2) is 0 Å². The Hall–Kier alpha value is -0.120. The summed E-state index contributed by atoms with van der Waals surface area (Å²) >= 11 is 0. The normalized spacial score (nSPS) is 26.0. The molecule has 1 fully saturated rings. The van der Waals surface area contributed by atoms with Gasteiger partial charge >= 0.3 is 0 Å². The monoisotopic (exact) mass is 131 g/mol. The second-order valence-electron chi connectivity index (χ2n) is 2.96. The van der Waals surface area contributed by atoms with Gasteiger partial charge in [-0.3, -0.25) is 0 Å². The predicted molar refractivity (Wildman–Crippen MR) is 35.9 cm³/mol. The van der Waals surface area contributed by atoms with Crippen molar-refractivity contribution < 1.29 is 9.59 Å². The summed E-state index contributed by atoms with van der Waals surface area (Å²) in [5.41, 5.74) is 0. The highest BCUT2D eigenvalue weighted by Gasteiger charge is 2.22. The van der Waals surface area contributed by atoms with Gasteiger partial charge in [-0.25, -0.2) is 0 Å². The van der Waals surface area contributed by atoms with E-state index in [9.17, 15) is 0 Å². The minimum absolute atomic E-state index is 0.279. The topological polar surface area (TPSA) is 32.3 Å². The zero-order valence-corrected chi connectivity index (χ0v) is 5.93. The van der Waals surface area contributed by atoms with E-state index in [0.717, 1.165) is 30.7 Å². The van der Waals surface area contributed by atoms with E-state index in [1.54, 1.807) is 0 Å². The highest BCUT2D eigenvalue weighted by molar-refractivity contribution is 4.52. The molecule has 0 radical (unpaired) electrons. The lowest BCUT2D eigenvalue weighted by atomic mass is 10.3. The number of nitrogens with one attached hydrogen (secondary N) is 1. The summed E-state index contributed by atoms with van der Waals surface area (Å²) < 4.78 is 0.812. The maximum Gasteiger partial charge on any atom is 0.180 e. The number of hydrogen-bond acceptors (Lipinski definition) is 2. The number of aliphatic hydroxyl groups excluding tert-OH is 1. The van der Waals surface area contributed by atoms with Gasteiger partial charge in [-0.1, -0.05) is 0 Å². The molecule has 0 aromatic carbocycles. The van der Waals surface area contributed by atoms with E-state index in [2.05, 4.69) is 12.4 Å². The number of hydrogen-bond donors (Lipinski definition) is 2. The zero-order valence-electron chi connectivity index (χ0n) is 5.93. The van der Waals surface area contributed by atoms with Gasteiger partial charge in [0.25, 0.3) is 0 Å². The Morgan fingerprint density at radius 2 is 2.00 bits per heavy atom. The molecular weight excluding hydrogens is 116 g/mol. The summed E-state index contributed by atoms with van der Waals surface area (Å²) in [6, 6.07) is 0. The molecule has 0 bridgehead atoms. The summed E-state index contributed by atoms with van der Waals surface area (Å²) in [6.45, 7) is 4.46. The van der Waals surface area contributed by atoms with E-state index in [4.69, 9.17) is 5.11 Å². The first-order chi connectivity index (χ1) is 4.27. The molecule has 2 N–H and O–H groups in total. The van der Waals surface area contributed by atoms with Gasteiger partial charge in [0.2, 0.25) is 0 Å². The summed E-state index contributed by atoms with van der Waals surface area (Å²) in [5, 5.41) is 12.1. The molecule has 3 nitrogen and oxygen atoms in total. The van der Waals surface area contributed by atoms with Crippen molar-refractivity contribution in [1.29, 1.82) is 0 Å². The van der Waals surface area contributed by atoms with Crippen LogP contribution >= 0.6 is 0 Å². The van der Waals surface area contributed by atoms with Gasteiger partial charge in [-0.05, 0) is 0 Å². The molecule has 0 saturated carbocycles. The average molecular weight is 131 g/mol. The minimum Gasteiger partial charge on any atom is -0.347 e. The third-order valence-corrected chi connectivity index (χ3v) is 2.00. The van der Waals surface area contributed by atoms with Crippen LogP contribution < -0.4 is 5.32 Å². The van der Waals surface area contributed by atoms with Gasteiger partial charge in [0, 0.05) is 13.1 Å². The van der Waals surface area contributed by atoms with E-state index >= 15 is 0 Å². The first-order valence-corrected chi connectivity index (χ1v) is 3.42. The van der Waals surface area contributed by atoms with Crippen LogP contribution in [0.5, 0.6) is 0 Å². The Kier molecular flexibility index (Phi) is 2.05. The Morgan fingerprint density at radius 1 is 1.44 bits per heavy atom. The predicted octanol–water partition coefficient (Wildman–Crippen LogP) is -1.01. The summed E-state index contributed by atoms with van der Waals surface area (Å²) in [4.78, 5) is 0. The molecule has 1 heterocycles. The van der Waals surface area contributed by atoms with Crippen molar-refractivity contribution >= 4 is 0 Å². The quantitative estimate of drug-likeness (QED) is 0.447. The first kappa shape index (κ1) is 6.99. The van der Waals surface area contributed by atoms with Gasteiger partial charge in [-0.2, -0.15) is 0 Å². The van der Waals surface area contributed by atoms with E-state index < -0.39 is 0 Å². The minimum atomic E-state index is 0.279. The fourth-order valence-electron chi connectivity index (χ4n) is 1.08. The van der Waals surface area contributed by atoms with Crippen LogP contribution in [0.3, 0.4) is 0 Å². The molecule has 0 spiro atoms. The maximum absolute atomic E-state index is 8.89. The Balaban J connectivity index is 2.37. The molecule has 1 aliphatic rings. The highest BCUT2D eigenvalue weighted by atomic mass is 16.3. The molecule has 1 rings (SSSR count). The third-order valence-electron chi connectivity index (χ3n) is 2.00. The lowest BCUT2D eigenvalue weighted by molar-refractivity contribution is -0.928. The summed E-state index contributed by atoms with van der Waals surface area (Å²) in [6.07, 6.45) is 0. The zero-order chi connectivity index (χ0) is 6.74. The number of likely N-dealkylation sites (N-methyl/N-ethyl adjacent to an activating group) is 1. The third kappa shape index (κ3) is 1.64. The molecular formula is C6H15N2O+. The second-order valence-corrected chi connectivity index (χ2v) is 2.96. The molecule has 0 atom stereocenters. The lowest BCUT2D eigenvalue weighted by Crippen LogP contribution is -2.56. The fraction of sp³-hybridized carbons (Fsp3) is 1.00. The van der Waals surface area contributed by atoms with Crippen LogP contribution in [0.25, 0.3) is 0 Å². The summed E-state index contributed by atoms with van der Waals surface area (Å²) in [5.74, 6) is 0. The van der Waals surface area contributed by atoms with Crippen molar-refractivity contribution in [3.05, 3.63) is 0 Å². The molecule has 1 aliphatic heterocycles. The van der Waals surface area contributed by atoms with E-state index in [-0.39, 0.29) is 6.73 Å². The van der Waals surface area contributed by atoms with Crippen LogP contribution in [-0.4, -0.2) is 49.5 Å². The standard InChI is InChI=1S/C6H15N2O/c1-8(6-9)4-2-7-3-5-8/h7,9H,2-6H2,1H3/q+1. The Bertz CT molecular complexity index is 89.1. The molecule has 0 amide bonds. The average Bonchev–Trinajstić information content (AvgIpc) is 1.90. The molecule has 3 heteroatoms. The maximum atomic E-state index is 8.89. The van der Waals surface area contributed by atoms with Crippen LogP contribution in [-0.2, 0) is 0 Å². The molecule has 0 aliphatic carbocycles. The van der Waals surface area contributed by atoms with Gasteiger partial charge in [0.05, 0.1) is 20.1 Å². The number of piperazine rings is 1. The van der Waals surface area contributed by atoms with Crippen molar-refractivity contribution in [2.24, 2.45) is 0 Å². The smallest absolute Gasteiger partial charge is 0.180 e. The van der Waals surface area contributed by atoms with Crippen LogP contribution in [0.1, 0.15) is 0 Å². The fourth-order valence-corrected chi connectivity index (χ4v) is 1.08. The van der Waals surface area contributed by atoms with Gasteiger partial charge in [0.15, 0.2) is 6.73 Å². The largest absolute Gasteiger partial charge is 0.347 e. The second kappa shape index (κ2) is 2.64. The van der Waals surface area contributed by atoms with E-state index in [1.165, 1.54) is 0 Å². The molecule has 54 valence electrons. The van der Waals surface area contributed by atoms with Crippen molar-refractivity contribution in [1.82, 2.24) is 5.32 Å². The number of aliphatic hydroxyl groups is 1. The molecule has 1 saturated heterocycles. The first-order valence-electron chi connectivity index (χ1n) is 3.42. The summed E-state index contributed by atoms with van der Waals surface area (Å²) in [7, 11) is 2.08. The van der Waals surface area contributed by atoms with E-state index in [1.807, 2.05) is 0 Å². The van der Waals surface area contributed by atoms with Gasteiger partial charge in [0.1, 0.15) is 0 Å². The van der Waals surface area contributed by atoms with Crippen molar-refractivity contribution in [3.63, 3.8) is 0 Å². The van der Waals surface area contributed by atoms with Crippen LogP contribution in [0, 0.1) is 0 Å². The molecule has 0 aromatic rings. The lowest BCUT2D eigenvalue weighted by Gasteiger charge is -2.35. The molecule has 0 aromatic heterocycles. The highest BCUT2D eigenvalue weighted by Crippen LogP contribution is 2.00. The van der Waals surface area contributed by atoms with Crippen molar-refractivity contribution in [2.75, 3.05) is 40.0 Å². The SMILES string of the molecule is C[N+]1(CO)CCNCC1. The Morgan fingerprint density at radius 3 is 2.33 bits per heavy atom. The number of rotatable bonds is 1. The van der Waals surface area contributed by atoms with Crippen LogP contribution in [0.2, 0.25) is 0 Å². The number of nitrogens with zero attached hydrogens (tertiary/aromatic N) is 1.